The summed E-state index contributed by atoms with van der Waals surface area (Å²) in [5, 5.41) is 10.0. The van der Waals surface area contributed by atoms with Crippen molar-refractivity contribution in [2.75, 3.05) is 0 Å². The Balaban J connectivity index is 1.28. The number of hydrazone groups is 1. The molecule has 1 amide bonds. The molecule has 0 spiro atoms. The maximum atomic E-state index is 13.7. The van der Waals surface area contributed by atoms with Gasteiger partial charge in [0.15, 0.2) is 0 Å². The van der Waals surface area contributed by atoms with E-state index in [0.29, 0.717) is 24.4 Å². The van der Waals surface area contributed by atoms with Gasteiger partial charge < -0.3 is 4.85 Å². The molecule has 30 heavy (non-hydrogen) atoms. The highest BCUT2D eigenvalue weighted by Crippen LogP contribution is 2.74. The van der Waals surface area contributed by atoms with Crippen LogP contribution in [0.4, 0.5) is 8.78 Å². The zero-order chi connectivity index (χ0) is 21.1. The molecule has 3 aliphatic carbocycles. The topological polar surface area (TPSA) is 67.7 Å². The fourth-order valence-electron chi connectivity index (χ4n) is 5.37. The summed E-state index contributed by atoms with van der Waals surface area (Å²) in [6, 6.07) is 2.88. The number of carbonyl (C=O) groups is 1. The van der Waals surface area contributed by atoms with Gasteiger partial charge in [0.25, 0.3) is 6.54 Å². The fraction of sp³-hybridized carbons (Fsp3) is 0.476. The molecule has 0 radical (unpaired) electrons. The standard InChI is InChI=1S/C21H20F2N6O/c1-13-26-18(8-24-2)27-28(13)12-20-9-21(10-20,11-20)19(30)29-17(3-4-25-29)14-5-15(22)7-16(23)6-14/h4-7,17H,3,8-12H2,1H3. The molecule has 154 valence electrons. The van der Waals surface area contributed by atoms with Crippen LogP contribution in [-0.4, -0.2) is 31.9 Å². The van der Waals surface area contributed by atoms with Crippen molar-refractivity contribution in [3.8, 4) is 0 Å². The minimum absolute atomic E-state index is 0.0212. The molecular formula is C21H20F2N6O. The summed E-state index contributed by atoms with van der Waals surface area (Å²) in [5.74, 6) is -0.0894. The van der Waals surface area contributed by atoms with Crippen molar-refractivity contribution in [1.82, 2.24) is 19.8 Å². The Morgan fingerprint density at radius 2 is 1.97 bits per heavy atom. The Bertz CT molecular complexity index is 1080. The molecule has 2 heterocycles. The molecular weight excluding hydrogens is 390 g/mol. The zero-order valence-corrected chi connectivity index (χ0v) is 16.5. The lowest BCUT2D eigenvalue weighted by Gasteiger charge is -2.69. The molecule has 1 aliphatic heterocycles. The normalized spacial score (nSPS) is 28.7. The third-order valence-corrected chi connectivity index (χ3v) is 6.51. The van der Waals surface area contributed by atoms with Gasteiger partial charge in [-0.25, -0.2) is 30.0 Å². The van der Waals surface area contributed by atoms with E-state index in [2.05, 4.69) is 20.0 Å². The van der Waals surface area contributed by atoms with E-state index >= 15 is 0 Å². The molecule has 6 rings (SSSR count). The van der Waals surface area contributed by atoms with Gasteiger partial charge in [-0.2, -0.15) is 5.10 Å². The van der Waals surface area contributed by atoms with E-state index < -0.39 is 23.1 Å². The smallest absolute Gasteiger partial charge is 0.275 e. The fourth-order valence-corrected chi connectivity index (χ4v) is 5.37. The quantitative estimate of drug-likeness (QED) is 0.710. The van der Waals surface area contributed by atoms with Crippen molar-refractivity contribution in [3.05, 3.63) is 58.5 Å². The minimum atomic E-state index is -0.658. The first-order chi connectivity index (χ1) is 14.3. The van der Waals surface area contributed by atoms with Crippen molar-refractivity contribution in [2.24, 2.45) is 15.9 Å². The Labute approximate surface area is 172 Å². The first-order valence-corrected chi connectivity index (χ1v) is 9.89. The predicted molar refractivity (Wildman–Crippen MR) is 103 cm³/mol. The second-order valence-electron chi connectivity index (χ2n) is 8.76. The van der Waals surface area contributed by atoms with Gasteiger partial charge in [-0.15, -0.1) is 5.10 Å². The molecule has 1 atom stereocenters. The lowest BCUT2D eigenvalue weighted by molar-refractivity contribution is -0.223. The number of rotatable bonds is 5. The maximum Gasteiger partial charge on any atom is 0.275 e. The molecule has 0 saturated heterocycles. The van der Waals surface area contributed by atoms with Gasteiger partial charge in [-0.3, -0.25) is 4.79 Å². The molecule has 2 bridgehead atoms. The number of aryl methyl sites for hydroxylation is 1. The van der Waals surface area contributed by atoms with Gasteiger partial charge in [0, 0.05) is 25.2 Å². The van der Waals surface area contributed by atoms with E-state index in [1.807, 2.05) is 11.6 Å². The van der Waals surface area contributed by atoms with E-state index in [-0.39, 0.29) is 17.9 Å². The number of amides is 1. The number of aromatic nitrogens is 3. The van der Waals surface area contributed by atoms with Gasteiger partial charge in [-0.1, -0.05) is 0 Å². The molecule has 3 fully saturated rings. The second kappa shape index (κ2) is 6.42. The van der Waals surface area contributed by atoms with E-state index in [1.165, 1.54) is 17.1 Å². The second-order valence-corrected chi connectivity index (χ2v) is 8.76. The number of halogens is 2. The lowest BCUT2D eigenvalue weighted by Crippen LogP contribution is -2.68. The average molecular weight is 410 g/mol. The molecule has 0 N–H and O–H groups in total. The molecule has 4 aliphatic rings. The van der Waals surface area contributed by atoms with Crippen LogP contribution in [-0.2, 0) is 17.9 Å². The van der Waals surface area contributed by atoms with Crippen LogP contribution in [0.2, 0.25) is 0 Å². The van der Waals surface area contributed by atoms with Crippen LogP contribution in [0.25, 0.3) is 4.85 Å². The Hall–Kier alpha value is -3.15. The SMILES string of the molecule is [C-]#[N+]Cc1nc(C)n(CC23CC(C(=O)N4N=CCC4c4cc(F)cc(F)c4)(C2)C3)n1. The van der Waals surface area contributed by atoms with Gasteiger partial charge in [0.1, 0.15) is 17.5 Å². The van der Waals surface area contributed by atoms with Crippen LogP contribution in [0.15, 0.2) is 23.3 Å². The number of carbonyl (C=O) groups excluding carboxylic acids is 1. The van der Waals surface area contributed by atoms with Gasteiger partial charge in [0.05, 0.1) is 11.5 Å². The van der Waals surface area contributed by atoms with Gasteiger partial charge >= 0.3 is 0 Å². The highest BCUT2D eigenvalue weighted by Gasteiger charge is 2.72. The first kappa shape index (κ1) is 18.9. The van der Waals surface area contributed by atoms with E-state index in [9.17, 15) is 13.6 Å². The molecule has 7 nitrogen and oxygen atoms in total. The Morgan fingerprint density at radius 1 is 1.27 bits per heavy atom. The monoisotopic (exact) mass is 410 g/mol. The molecule has 2 aromatic rings. The summed E-state index contributed by atoms with van der Waals surface area (Å²) in [6.07, 6.45) is 4.30. The highest BCUT2D eigenvalue weighted by atomic mass is 19.1. The Morgan fingerprint density at radius 3 is 2.63 bits per heavy atom. The third-order valence-electron chi connectivity index (χ3n) is 6.51. The summed E-state index contributed by atoms with van der Waals surface area (Å²) in [6.45, 7) is 9.67. The minimum Gasteiger partial charge on any atom is -0.308 e. The van der Waals surface area contributed by atoms with Crippen LogP contribution in [0.1, 0.15) is 48.9 Å². The van der Waals surface area contributed by atoms with E-state index in [1.54, 1.807) is 6.21 Å². The third kappa shape index (κ3) is 2.82. The maximum absolute atomic E-state index is 13.7. The lowest BCUT2D eigenvalue weighted by atomic mass is 9.34. The summed E-state index contributed by atoms with van der Waals surface area (Å²) in [4.78, 5) is 20.9. The largest absolute Gasteiger partial charge is 0.308 e. The highest BCUT2D eigenvalue weighted by molar-refractivity contribution is 5.88. The number of hydrogen-bond donors (Lipinski definition) is 0. The average Bonchev–Trinajstić information content (AvgIpc) is 3.23. The van der Waals surface area contributed by atoms with Crippen molar-refractivity contribution < 1.29 is 13.6 Å². The van der Waals surface area contributed by atoms with E-state index in [0.717, 1.165) is 31.2 Å². The summed E-state index contributed by atoms with van der Waals surface area (Å²) in [5.41, 5.74) is -0.00207. The molecule has 3 saturated carbocycles. The van der Waals surface area contributed by atoms with Crippen LogP contribution < -0.4 is 0 Å². The summed E-state index contributed by atoms with van der Waals surface area (Å²) >= 11 is 0. The Kier molecular flexibility index (Phi) is 4.04. The van der Waals surface area contributed by atoms with Crippen LogP contribution >= 0.6 is 0 Å². The van der Waals surface area contributed by atoms with Crippen molar-refractivity contribution in [1.29, 1.82) is 0 Å². The number of nitrogens with zero attached hydrogens (tertiary/aromatic N) is 6. The van der Waals surface area contributed by atoms with E-state index in [4.69, 9.17) is 6.57 Å². The van der Waals surface area contributed by atoms with Crippen LogP contribution in [0, 0.1) is 36.0 Å². The first-order valence-electron chi connectivity index (χ1n) is 9.89. The molecule has 9 heteroatoms. The van der Waals surface area contributed by atoms with Crippen LogP contribution in [0.5, 0.6) is 0 Å². The molecule has 1 aromatic heterocycles. The number of benzene rings is 1. The number of hydrogen-bond acceptors (Lipinski definition) is 4. The zero-order valence-electron chi connectivity index (χ0n) is 16.5. The summed E-state index contributed by atoms with van der Waals surface area (Å²) < 4.78 is 29.1. The molecule has 1 unspecified atom stereocenters. The van der Waals surface area contributed by atoms with Crippen molar-refractivity contribution in [2.45, 2.75) is 51.7 Å². The van der Waals surface area contributed by atoms with Crippen molar-refractivity contribution in [3.63, 3.8) is 0 Å². The molecule has 1 aromatic carbocycles. The summed E-state index contributed by atoms with van der Waals surface area (Å²) in [7, 11) is 0. The van der Waals surface area contributed by atoms with Crippen molar-refractivity contribution >= 4 is 12.1 Å². The van der Waals surface area contributed by atoms with Crippen LogP contribution in [0.3, 0.4) is 0 Å². The van der Waals surface area contributed by atoms with Gasteiger partial charge in [0.2, 0.25) is 11.7 Å². The van der Waals surface area contributed by atoms with Gasteiger partial charge in [-0.05, 0) is 49.3 Å². The predicted octanol–water partition coefficient (Wildman–Crippen LogP) is 3.41.